The number of rotatable bonds is 64. The van der Waals surface area contributed by atoms with Gasteiger partial charge in [0.25, 0.3) is 0 Å². The van der Waals surface area contributed by atoms with E-state index in [4.69, 9.17) is 9.47 Å². The van der Waals surface area contributed by atoms with Crippen molar-refractivity contribution in [3.8, 4) is 0 Å². The zero-order valence-electron chi connectivity index (χ0n) is 57.4. The minimum absolute atomic E-state index is 0.146. The predicted molar refractivity (Wildman–Crippen MR) is 382 cm³/mol. The molecule has 0 aromatic heterocycles. The SMILES string of the molecule is CC/C=C\C/C=C\C/C=C\C/C=C\C/C=C\C/C=C\C/C=C\C/C=C\C/C=C\C/C=C\CCCCCCCCCCC(=O)NC(COC1OC(CO)C(O)C(O)C1O)C(O)CCCCCCCCCCCCCCCCCCCCCCCCCCCCC. The van der Waals surface area contributed by atoms with E-state index in [9.17, 15) is 30.3 Å². The second kappa shape index (κ2) is 67.5. The fourth-order valence-electron chi connectivity index (χ4n) is 11.3. The maximum atomic E-state index is 13.2. The van der Waals surface area contributed by atoms with Crippen LogP contribution in [0.2, 0.25) is 0 Å². The van der Waals surface area contributed by atoms with E-state index in [2.05, 4.69) is 141 Å². The maximum absolute atomic E-state index is 13.2. The first-order valence-electron chi connectivity index (χ1n) is 37.2. The van der Waals surface area contributed by atoms with Crippen molar-refractivity contribution in [2.45, 2.75) is 365 Å². The molecule has 512 valence electrons. The second-order valence-corrected chi connectivity index (χ2v) is 25.4. The summed E-state index contributed by atoms with van der Waals surface area (Å²) in [6.07, 6.45) is 94.1. The van der Waals surface area contributed by atoms with Crippen molar-refractivity contribution in [1.29, 1.82) is 0 Å². The molecule has 9 heteroatoms. The summed E-state index contributed by atoms with van der Waals surface area (Å²) in [6.45, 7) is 3.75. The lowest BCUT2D eigenvalue weighted by Crippen LogP contribution is -2.60. The monoisotopic (exact) mass is 1240 g/mol. The molecule has 1 saturated heterocycles. The molecule has 1 aliphatic heterocycles. The molecule has 1 amide bonds. The first-order chi connectivity index (χ1) is 43.8. The van der Waals surface area contributed by atoms with E-state index in [1.165, 1.54) is 180 Å². The third kappa shape index (κ3) is 55.9. The number of hydrogen-bond donors (Lipinski definition) is 6. The van der Waals surface area contributed by atoms with Gasteiger partial charge in [0.15, 0.2) is 6.29 Å². The number of allylic oxidation sites excluding steroid dienone is 20. The largest absolute Gasteiger partial charge is 0.394 e. The molecule has 0 spiro atoms. The van der Waals surface area contributed by atoms with Crippen molar-refractivity contribution in [3.05, 3.63) is 122 Å². The van der Waals surface area contributed by atoms with E-state index in [1.54, 1.807) is 0 Å². The van der Waals surface area contributed by atoms with Gasteiger partial charge in [0, 0.05) is 6.42 Å². The van der Waals surface area contributed by atoms with Crippen LogP contribution in [0, 0.1) is 0 Å². The Kier molecular flexibility index (Phi) is 63.4. The number of hydrogen-bond acceptors (Lipinski definition) is 8. The zero-order chi connectivity index (χ0) is 64.2. The quantitative estimate of drug-likeness (QED) is 0.0261. The Hall–Kier alpha value is -3.41. The maximum Gasteiger partial charge on any atom is 0.220 e. The molecule has 1 rings (SSSR count). The lowest BCUT2D eigenvalue weighted by atomic mass is 9.99. The number of nitrogens with one attached hydrogen (secondary N) is 1. The Morgan fingerprint density at radius 1 is 0.393 bits per heavy atom. The van der Waals surface area contributed by atoms with Crippen LogP contribution in [0.5, 0.6) is 0 Å². The van der Waals surface area contributed by atoms with Gasteiger partial charge in [-0.3, -0.25) is 4.79 Å². The molecule has 0 aromatic carbocycles. The smallest absolute Gasteiger partial charge is 0.220 e. The topological polar surface area (TPSA) is 149 Å². The third-order valence-corrected chi connectivity index (χ3v) is 17.1. The number of unbranched alkanes of at least 4 members (excludes halogenated alkanes) is 34. The predicted octanol–water partition coefficient (Wildman–Crippen LogP) is 21.0. The van der Waals surface area contributed by atoms with E-state index < -0.39 is 49.5 Å². The highest BCUT2D eigenvalue weighted by Crippen LogP contribution is 2.24. The van der Waals surface area contributed by atoms with E-state index in [0.29, 0.717) is 12.8 Å². The van der Waals surface area contributed by atoms with Gasteiger partial charge >= 0.3 is 0 Å². The van der Waals surface area contributed by atoms with Crippen LogP contribution >= 0.6 is 0 Å². The van der Waals surface area contributed by atoms with Gasteiger partial charge in [-0.15, -0.1) is 0 Å². The molecular formula is C80H139NO8. The lowest BCUT2D eigenvalue weighted by Gasteiger charge is -2.40. The second-order valence-electron chi connectivity index (χ2n) is 25.4. The fourth-order valence-corrected chi connectivity index (χ4v) is 11.3. The van der Waals surface area contributed by atoms with Crippen LogP contribution in [0.3, 0.4) is 0 Å². The number of amides is 1. The Labute approximate surface area is 548 Å². The van der Waals surface area contributed by atoms with Crippen molar-refractivity contribution in [3.63, 3.8) is 0 Å². The number of carbonyl (C=O) groups is 1. The minimum Gasteiger partial charge on any atom is -0.394 e. The lowest BCUT2D eigenvalue weighted by molar-refractivity contribution is -0.302. The summed E-state index contributed by atoms with van der Waals surface area (Å²) in [6, 6.07) is -0.734. The van der Waals surface area contributed by atoms with Crippen molar-refractivity contribution in [2.75, 3.05) is 13.2 Å². The van der Waals surface area contributed by atoms with Gasteiger partial charge in [-0.2, -0.15) is 0 Å². The average molecular weight is 1240 g/mol. The third-order valence-electron chi connectivity index (χ3n) is 17.1. The summed E-state index contributed by atoms with van der Waals surface area (Å²) in [7, 11) is 0. The highest BCUT2D eigenvalue weighted by atomic mass is 16.7. The van der Waals surface area contributed by atoms with Crippen LogP contribution in [0.15, 0.2) is 122 Å². The van der Waals surface area contributed by atoms with Gasteiger partial charge in [-0.05, 0) is 89.9 Å². The van der Waals surface area contributed by atoms with Gasteiger partial charge in [-0.25, -0.2) is 0 Å². The van der Waals surface area contributed by atoms with E-state index >= 15 is 0 Å². The first kappa shape index (κ1) is 83.6. The Bertz CT molecular complexity index is 1830. The summed E-state index contributed by atoms with van der Waals surface area (Å²) in [4.78, 5) is 13.2. The zero-order valence-corrected chi connectivity index (χ0v) is 57.4. The molecule has 0 radical (unpaired) electrons. The fraction of sp³-hybridized carbons (Fsp3) is 0.738. The van der Waals surface area contributed by atoms with Crippen LogP contribution in [0.1, 0.15) is 322 Å². The Morgan fingerprint density at radius 3 is 1.03 bits per heavy atom. The van der Waals surface area contributed by atoms with Crippen molar-refractivity contribution in [1.82, 2.24) is 5.32 Å². The molecular weight excluding hydrogens is 1100 g/mol. The van der Waals surface area contributed by atoms with Gasteiger partial charge in [0.1, 0.15) is 24.4 Å². The Morgan fingerprint density at radius 2 is 0.697 bits per heavy atom. The van der Waals surface area contributed by atoms with Crippen LogP contribution in [0.25, 0.3) is 0 Å². The number of ether oxygens (including phenoxy) is 2. The first-order valence-corrected chi connectivity index (χ1v) is 37.2. The molecule has 0 aromatic rings. The summed E-state index contributed by atoms with van der Waals surface area (Å²) < 4.78 is 11.4. The number of carbonyl (C=O) groups excluding carboxylic acids is 1. The van der Waals surface area contributed by atoms with Gasteiger partial charge in [0.05, 0.1) is 25.4 Å². The van der Waals surface area contributed by atoms with E-state index in [0.717, 1.165) is 116 Å². The standard InChI is InChI=1S/C80H139NO8/c1-3-5-7-9-11-13-15-17-19-21-23-25-27-29-31-32-33-34-35-36-37-38-39-40-41-42-44-46-48-50-52-54-56-58-60-62-64-66-68-70-76(84)81-73(72-88-80-79(87)78(86)77(85)75(71-82)89-80)74(83)69-67-65-63-61-59-57-55-53-51-49-47-45-43-30-28-26-24-22-20-18-16-14-12-10-8-6-4-2/h5,7,11,13,17,19,23,25,29,31,33-34,36-37,39-40,42,44,48,50,73-75,77-80,82-83,85-87H,3-4,6,8-10,12,14-16,18,20-22,24,26-28,30,32,35,38,41,43,45-47,49,51-72H2,1-2H3,(H,81,84)/b7-5-,13-11-,19-17-,25-23-,31-29-,34-33-,37-36-,40-39-,44-42-,50-48-. The number of aliphatic hydroxyl groups excluding tert-OH is 5. The van der Waals surface area contributed by atoms with Crippen LogP contribution in [0.4, 0.5) is 0 Å². The molecule has 0 bridgehead atoms. The molecule has 1 heterocycles. The summed E-state index contributed by atoms with van der Waals surface area (Å²) in [5.74, 6) is -0.153. The van der Waals surface area contributed by atoms with E-state index in [-0.39, 0.29) is 12.5 Å². The molecule has 6 N–H and O–H groups in total. The van der Waals surface area contributed by atoms with E-state index in [1.807, 2.05) is 0 Å². The normalized spacial score (nSPS) is 18.6. The Balaban J connectivity index is 2.13. The highest BCUT2D eigenvalue weighted by molar-refractivity contribution is 5.76. The molecule has 7 unspecified atom stereocenters. The minimum atomic E-state index is -1.56. The molecule has 0 saturated carbocycles. The average Bonchev–Trinajstić information content (AvgIpc) is 2.42. The van der Waals surface area contributed by atoms with Crippen LogP contribution in [-0.2, 0) is 14.3 Å². The van der Waals surface area contributed by atoms with Gasteiger partial charge in [-0.1, -0.05) is 347 Å². The van der Waals surface area contributed by atoms with Crippen LogP contribution in [-0.4, -0.2) is 87.5 Å². The van der Waals surface area contributed by atoms with Crippen molar-refractivity contribution in [2.24, 2.45) is 0 Å². The molecule has 7 atom stereocenters. The molecule has 1 aliphatic rings. The van der Waals surface area contributed by atoms with Crippen LogP contribution < -0.4 is 5.32 Å². The molecule has 1 fully saturated rings. The summed E-state index contributed by atoms with van der Waals surface area (Å²) in [5.41, 5.74) is 0. The molecule has 9 nitrogen and oxygen atoms in total. The van der Waals surface area contributed by atoms with Crippen molar-refractivity contribution >= 4 is 5.91 Å². The highest BCUT2D eigenvalue weighted by Gasteiger charge is 2.44. The van der Waals surface area contributed by atoms with Gasteiger partial charge in [0.2, 0.25) is 5.91 Å². The van der Waals surface area contributed by atoms with Gasteiger partial charge < -0.3 is 40.3 Å². The number of aliphatic hydroxyl groups is 5. The summed E-state index contributed by atoms with van der Waals surface area (Å²) >= 11 is 0. The van der Waals surface area contributed by atoms with Crippen molar-refractivity contribution < 1.29 is 39.8 Å². The summed E-state index contributed by atoms with van der Waals surface area (Å²) in [5, 5.41) is 55.0. The molecule has 89 heavy (non-hydrogen) atoms. The molecule has 0 aliphatic carbocycles.